The van der Waals surface area contributed by atoms with Gasteiger partial charge in [-0.1, -0.05) is 0 Å². The number of aliphatic hydroxyl groups is 2. The van der Waals surface area contributed by atoms with Gasteiger partial charge in [0.25, 0.3) is 0 Å². The molecule has 76 valence electrons. The number of rotatable bonds is 2. The molecular weight excluding hydrogens is 170 g/mol. The molecule has 0 saturated heterocycles. The Hall–Kier alpha value is -0.610. The maximum Gasteiger partial charge on any atom is 0.248 e. The molecule has 0 aliphatic heterocycles. The van der Waals surface area contributed by atoms with Crippen molar-refractivity contribution < 1.29 is 15.0 Å². The molecule has 1 unspecified atom stereocenters. The van der Waals surface area contributed by atoms with Crippen molar-refractivity contribution in [1.82, 2.24) is 5.32 Å². The van der Waals surface area contributed by atoms with Gasteiger partial charge in [0, 0.05) is 6.04 Å². The van der Waals surface area contributed by atoms with E-state index in [0.29, 0.717) is 0 Å². The first-order valence-corrected chi connectivity index (χ1v) is 4.76. The quantitative estimate of drug-likeness (QED) is 0.560. The monoisotopic (exact) mass is 187 g/mol. The smallest absolute Gasteiger partial charge is 0.248 e. The minimum Gasteiger partial charge on any atom is -0.393 e. The van der Waals surface area contributed by atoms with E-state index in [4.69, 9.17) is 5.11 Å². The normalized spacial score (nSPS) is 31.0. The first kappa shape index (κ1) is 10.5. The number of carbonyl (C=O) groups excluding carboxylic acids is 1. The van der Waals surface area contributed by atoms with E-state index in [2.05, 4.69) is 5.32 Å². The number of carbonyl (C=O) groups is 1. The molecule has 1 fully saturated rings. The van der Waals surface area contributed by atoms with Crippen LogP contribution < -0.4 is 5.32 Å². The highest BCUT2D eigenvalue weighted by Crippen LogP contribution is 2.18. The van der Waals surface area contributed by atoms with Gasteiger partial charge in [-0.3, -0.25) is 4.79 Å². The van der Waals surface area contributed by atoms with Crippen LogP contribution in [0, 0.1) is 0 Å². The van der Waals surface area contributed by atoms with Crippen molar-refractivity contribution in [2.45, 2.75) is 50.9 Å². The first-order valence-electron chi connectivity index (χ1n) is 4.76. The van der Waals surface area contributed by atoms with Crippen LogP contribution >= 0.6 is 0 Å². The Morgan fingerprint density at radius 1 is 1.38 bits per heavy atom. The number of hydrogen-bond acceptors (Lipinski definition) is 3. The molecule has 4 nitrogen and oxygen atoms in total. The zero-order chi connectivity index (χ0) is 9.84. The largest absolute Gasteiger partial charge is 0.393 e. The van der Waals surface area contributed by atoms with Gasteiger partial charge >= 0.3 is 0 Å². The van der Waals surface area contributed by atoms with E-state index >= 15 is 0 Å². The molecule has 0 heterocycles. The van der Waals surface area contributed by atoms with Crippen LogP contribution in [0.4, 0.5) is 0 Å². The molecule has 1 aliphatic rings. The highest BCUT2D eigenvalue weighted by Gasteiger charge is 2.21. The van der Waals surface area contributed by atoms with Crippen LogP contribution in [-0.4, -0.2) is 34.4 Å². The fourth-order valence-corrected chi connectivity index (χ4v) is 1.54. The molecule has 0 radical (unpaired) electrons. The van der Waals surface area contributed by atoms with Gasteiger partial charge in [-0.2, -0.15) is 0 Å². The lowest BCUT2D eigenvalue weighted by atomic mass is 9.93. The Kier molecular flexibility index (Phi) is 3.69. The molecule has 1 aliphatic carbocycles. The average Bonchev–Trinajstić information content (AvgIpc) is 2.08. The molecule has 1 rings (SSSR count). The van der Waals surface area contributed by atoms with Gasteiger partial charge in [0.2, 0.25) is 5.91 Å². The molecule has 0 bridgehead atoms. The molecule has 0 aromatic rings. The van der Waals surface area contributed by atoms with E-state index in [1.54, 1.807) is 0 Å². The van der Waals surface area contributed by atoms with Crippen molar-refractivity contribution in [2.75, 3.05) is 0 Å². The minimum absolute atomic E-state index is 0.130. The predicted molar refractivity (Wildman–Crippen MR) is 48.1 cm³/mol. The van der Waals surface area contributed by atoms with E-state index in [-0.39, 0.29) is 18.1 Å². The number of amides is 1. The summed E-state index contributed by atoms with van der Waals surface area (Å²) < 4.78 is 0. The van der Waals surface area contributed by atoms with Gasteiger partial charge in [-0.25, -0.2) is 0 Å². The lowest BCUT2D eigenvalue weighted by Gasteiger charge is -2.26. The third-order valence-electron chi connectivity index (χ3n) is 2.42. The van der Waals surface area contributed by atoms with Crippen LogP contribution in [0.3, 0.4) is 0 Å². The standard InChI is InChI=1S/C9H17NO3/c1-6(11)9(13)10-7-2-4-8(12)5-3-7/h6-8,11-12H,2-5H2,1H3,(H,10,13). The molecule has 4 heteroatoms. The van der Waals surface area contributed by atoms with Crippen molar-refractivity contribution in [3.8, 4) is 0 Å². The summed E-state index contributed by atoms with van der Waals surface area (Å²) >= 11 is 0. The summed E-state index contributed by atoms with van der Waals surface area (Å²) in [6, 6.07) is 0.130. The minimum atomic E-state index is -0.938. The summed E-state index contributed by atoms with van der Waals surface area (Å²) in [4.78, 5) is 11.1. The summed E-state index contributed by atoms with van der Waals surface area (Å²) in [5, 5.41) is 20.9. The summed E-state index contributed by atoms with van der Waals surface area (Å²) in [6.07, 6.45) is 1.95. The summed E-state index contributed by atoms with van der Waals surface area (Å²) in [5.41, 5.74) is 0. The Bertz CT molecular complexity index is 174. The van der Waals surface area contributed by atoms with E-state index < -0.39 is 6.10 Å². The van der Waals surface area contributed by atoms with E-state index in [1.165, 1.54) is 6.92 Å². The van der Waals surface area contributed by atoms with Crippen LogP contribution in [0.25, 0.3) is 0 Å². The van der Waals surface area contributed by atoms with Crippen LogP contribution in [0.2, 0.25) is 0 Å². The zero-order valence-corrected chi connectivity index (χ0v) is 7.86. The Balaban J connectivity index is 2.26. The molecule has 1 atom stereocenters. The van der Waals surface area contributed by atoms with Gasteiger partial charge in [0.1, 0.15) is 6.10 Å². The second kappa shape index (κ2) is 4.58. The molecular formula is C9H17NO3. The van der Waals surface area contributed by atoms with Gasteiger partial charge < -0.3 is 15.5 Å². The number of nitrogens with one attached hydrogen (secondary N) is 1. The highest BCUT2D eigenvalue weighted by atomic mass is 16.3. The van der Waals surface area contributed by atoms with Crippen molar-refractivity contribution in [1.29, 1.82) is 0 Å². The molecule has 13 heavy (non-hydrogen) atoms. The zero-order valence-electron chi connectivity index (χ0n) is 7.86. The third-order valence-corrected chi connectivity index (χ3v) is 2.42. The van der Waals surface area contributed by atoms with Crippen LogP contribution in [0.1, 0.15) is 32.6 Å². The lowest BCUT2D eigenvalue weighted by Crippen LogP contribution is -2.42. The third kappa shape index (κ3) is 3.32. The lowest BCUT2D eigenvalue weighted by molar-refractivity contribution is -0.129. The molecule has 0 aromatic heterocycles. The van der Waals surface area contributed by atoms with Gasteiger partial charge in [-0.05, 0) is 32.6 Å². The second-order valence-electron chi connectivity index (χ2n) is 3.69. The maximum atomic E-state index is 11.1. The van der Waals surface area contributed by atoms with Crippen molar-refractivity contribution in [2.24, 2.45) is 0 Å². The molecule has 1 amide bonds. The Morgan fingerprint density at radius 3 is 2.38 bits per heavy atom. The molecule has 0 aromatic carbocycles. The Morgan fingerprint density at radius 2 is 1.92 bits per heavy atom. The van der Waals surface area contributed by atoms with Crippen LogP contribution in [-0.2, 0) is 4.79 Å². The van der Waals surface area contributed by atoms with E-state index in [0.717, 1.165) is 25.7 Å². The second-order valence-corrected chi connectivity index (χ2v) is 3.69. The van der Waals surface area contributed by atoms with Gasteiger partial charge in [0.15, 0.2) is 0 Å². The fourth-order valence-electron chi connectivity index (χ4n) is 1.54. The highest BCUT2D eigenvalue weighted by molar-refractivity contribution is 5.80. The maximum absolute atomic E-state index is 11.1. The average molecular weight is 187 g/mol. The molecule has 1 saturated carbocycles. The van der Waals surface area contributed by atoms with Crippen molar-refractivity contribution >= 4 is 5.91 Å². The predicted octanol–water partition coefficient (Wildman–Crippen LogP) is -0.213. The molecule has 0 spiro atoms. The van der Waals surface area contributed by atoms with Crippen LogP contribution in [0.15, 0.2) is 0 Å². The Labute approximate surface area is 78.0 Å². The van der Waals surface area contributed by atoms with Crippen molar-refractivity contribution in [3.63, 3.8) is 0 Å². The summed E-state index contributed by atoms with van der Waals surface area (Å²) in [6.45, 7) is 1.45. The summed E-state index contributed by atoms with van der Waals surface area (Å²) in [7, 11) is 0. The topological polar surface area (TPSA) is 69.6 Å². The summed E-state index contributed by atoms with van der Waals surface area (Å²) in [5.74, 6) is -0.318. The fraction of sp³-hybridized carbons (Fsp3) is 0.889. The van der Waals surface area contributed by atoms with E-state index in [1.807, 2.05) is 0 Å². The first-order chi connectivity index (χ1) is 6.09. The van der Waals surface area contributed by atoms with Gasteiger partial charge in [-0.15, -0.1) is 0 Å². The SMILES string of the molecule is CC(O)C(=O)NC1CCC(O)CC1. The number of hydrogen-bond donors (Lipinski definition) is 3. The number of aliphatic hydroxyl groups excluding tert-OH is 2. The molecule has 3 N–H and O–H groups in total. The van der Waals surface area contributed by atoms with Gasteiger partial charge in [0.05, 0.1) is 6.10 Å². The van der Waals surface area contributed by atoms with Crippen LogP contribution in [0.5, 0.6) is 0 Å². The van der Waals surface area contributed by atoms with Crippen molar-refractivity contribution in [3.05, 3.63) is 0 Å². The van der Waals surface area contributed by atoms with E-state index in [9.17, 15) is 9.90 Å².